The molecular weight excluding hydrogens is 312 g/mol. The molecule has 2 aromatic rings. The first-order chi connectivity index (χ1) is 10.1. The van der Waals surface area contributed by atoms with Crippen molar-refractivity contribution in [3.8, 4) is 10.6 Å². The molecule has 0 bridgehead atoms. The Bertz CT molecular complexity index is 701. The molecule has 6 nitrogen and oxygen atoms in total. The van der Waals surface area contributed by atoms with Crippen molar-refractivity contribution in [1.82, 2.24) is 9.88 Å². The van der Waals surface area contributed by atoms with Crippen molar-refractivity contribution in [2.24, 2.45) is 0 Å². The molecular formula is C13H16N2O4S2. The maximum Gasteiger partial charge on any atom is 0.241 e. The number of aromatic nitrogens is 1. The van der Waals surface area contributed by atoms with Crippen LogP contribution in [0.4, 0.5) is 0 Å². The smallest absolute Gasteiger partial charge is 0.241 e. The van der Waals surface area contributed by atoms with Crippen molar-refractivity contribution in [3.63, 3.8) is 0 Å². The van der Waals surface area contributed by atoms with Crippen LogP contribution in [-0.2, 0) is 14.8 Å². The first-order valence-electron chi connectivity index (χ1n) is 6.69. The molecule has 0 radical (unpaired) electrons. The summed E-state index contributed by atoms with van der Waals surface area (Å²) < 4.78 is 37.9. The van der Waals surface area contributed by atoms with Crippen molar-refractivity contribution in [1.29, 1.82) is 0 Å². The Morgan fingerprint density at radius 3 is 3.05 bits per heavy atom. The number of hydrogen-bond donors (Lipinski definition) is 1. The van der Waals surface area contributed by atoms with Crippen molar-refractivity contribution < 1.29 is 17.7 Å². The summed E-state index contributed by atoms with van der Waals surface area (Å²) in [4.78, 5) is 1.76. The van der Waals surface area contributed by atoms with Gasteiger partial charge in [-0.25, -0.2) is 13.1 Å². The molecule has 0 amide bonds. The Morgan fingerprint density at radius 2 is 2.38 bits per heavy atom. The zero-order valence-corrected chi connectivity index (χ0v) is 13.2. The van der Waals surface area contributed by atoms with E-state index in [1.54, 1.807) is 19.1 Å². The van der Waals surface area contributed by atoms with Crippen LogP contribution in [-0.4, -0.2) is 32.8 Å². The molecule has 3 rings (SSSR count). The fraction of sp³-hybridized carbons (Fsp3) is 0.462. The van der Waals surface area contributed by atoms with Crippen molar-refractivity contribution in [3.05, 3.63) is 23.2 Å². The van der Waals surface area contributed by atoms with Gasteiger partial charge in [0.1, 0.15) is 0 Å². The predicted molar refractivity (Wildman–Crippen MR) is 78.7 cm³/mol. The van der Waals surface area contributed by atoms with Crippen LogP contribution in [0.1, 0.15) is 17.7 Å². The summed E-state index contributed by atoms with van der Waals surface area (Å²) in [6, 6.07) is 3.33. The summed E-state index contributed by atoms with van der Waals surface area (Å²) in [5.41, 5.74) is 0. The maximum atomic E-state index is 12.4. The molecule has 3 heterocycles. The summed E-state index contributed by atoms with van der Waals surface area (Å²) >= 11 is 1.37. The van der Waals surface area contributed by atoms with E-state index in [2.05, 4.69) is 9.88 Å². The summed E-state index contributed by atoms with van der Waals surface area (Å²) in [6.45, 7) is 2.81. The largest absolute Gasteiger partial charge is 0.377 e. The monoisotopic (exact) mass is 328 g/mol. The van der Waals surface area contributed by atoms with Crippen LogP contribution >= 0.6 is 11.3 Å². The maximum absolute atomic E-state index is 12.4. The highest BCUT2D eigenvalue weighted by molar-refractivity contribution is 7.89. The fourth-order valence-electron chi connectivity index (χ4n) is 2.28. The Hall–Kier alpha value is -1.22. The lowest BCUT2D eigenvalue weighted by Gasteiger charge is -2.11. The van der Waals surface area contributed by atoms with Gasteiger partial charge in [0.05, 0.1) is 22.1 Å². The lowest BCUT2D eigenvalue weighted by molar-refractivity contribution is 0.114. The molecule has 1 aliphatic rings. The second kappa shape index (κ2) is 5.88. The molecule has 0 aliphatic carbocycles. The minimum absolute atomic E-state index is 0.0209. The number of hydrogen-bond acceptors (Lipinski definition) is 6. The third-order valence-corrected chi connectivity index (χ3v) is 6.11. The van der Waals surface area contributed by atoms with Crippen LogP contribution in [0.3, 0.4) is 0 Å². The van der Waals surface area contributed by atoms with E-state index in [1.165, 1.54) is 17.5 Å². The van der Waals surface area contributed by atoms with Gasteiger partial charge in [0.2, 0.25) is 10.0 Å². The van der Waals surface area contributed by atoms with Gasteiger partial charge >= 0.3 is 0 Å². The van der Waals surface area contributed by atoms with Crippen molar-refractivity contribution >= 4 is 21.4 Å². The lowest BCUT2D eigenvalue weighted by Crippen LogP contribution is -2.31. The molecule has 0 aromatic carbocycles. The molecule has 0 unspecified atom stereocenters. The van der Waals surface area contributed by atoms with Crippen LogP contribution in [0.25, 0.3) is 10.6 Å². The van der Waals surface area contributed by atoms with Gasteiger partial charge in [0, 0.05) is 24.1 Å². The topological polar surface area (TPSA) is 81.4 Å². The minimum atomic E-state index is -3.53. The first-order valence-corrected chi connectivity index (χ1v) is 8.99. The zero-order valence-electron chi connectivity index (χ0n) is 11.5. The van der Waals surface area contributed by atoms with Crippen LogP contribution in [0.2, 0.25) is 0 Å². The molecule has 114 valence electrons. The van der Waals surface area contributed by atoms with E-state index < -0.39 is 10.0 Å². The number of rotatable bonds is 5. The number of nitrogens with one attached hydrogen (secondary N) is 1. The lowest BCUT2D eigenvalue weighted by atomic mass is 10.2. The summed E-state index contributed by atoms with van der Waals surface area (Å²) in [5, 5.41) is 3.64. The SMILES string of the molecule is Cc1sc(-c2ccno2)cc1S(=O)(=O)NC[C@H]1CCCO1. The molecule has 0 saturated carbocycles. The van der Waals surface area contributed by atoms with Crippen LogP contribution < -0.4 is 4.72 Å². The Labute approximate surface area is 127 Å². The first kappa shape index (κ1) is 14.7. The Kier molecular flexibility index (Phi) is 4.12. The molecule has 2 aromatic heterocycles. The van der Waals surface area contributed by atoms with Crippen LogP contribution in [0, 0.1) is 6.92 Å². The van der Waals surface area contributed by atoms with E-state index >= 15 is 0 Å². The van der Waals surface area contributed by atoms with Crippen molar-refractivity contribution in [2.75, 3.05) is 13.2 Å². The van der Waals surface area contributed by atoms with Gasteiger partial charge < -0.3 is 9.26 Å². The highest BCUT2D eigenvalue weighted by Crippen LogP contribution is 2.33. The van der Waals surface area contributed by atoms with Gasteiger partial charge in [-0.15, -0.1) is 11.3 Å². The third kappa shape index (κ3) is 3.18. The molecule has 21 heavy (non-hydrogen) atoms. The highest BCUT2D eigenvalue weighted by Gasteiger charge is 2.24. The van der Waals surface area contributed by atoms with Gasteiger partial charge in [0.25, 0.3) is 0 Å². The van der Waals surface area contributed by atoms with Gasteiger partial charge in [0.15, 0.2) is 5.76 Å². The normalized spacial score (nSPS) is 19.2. The number of thiophene rings is 1. The summed E-state index contributed by atoms with van der Waals surface area (Å²) in [5.74, 6) is 0.573. The van der Waals surface area contributed by atoms with Crippen LogP contribution in [0.5, 0.6) is 0 Å². The van der Waals surface area contributed by atoms with E-state index in [9.17, 15) is 8.42 Å². The highest BCUT2D eigenvalue weighted by atomic mass is 32.2. The molecule has 1 N–H and O–H groups in total. The van der Waals surface area contributed by atoms with E-state index in [0.717, 1.165) is 22.6 Å². The Morgan fingerprint density at radius 1 is 1.52 bits per heavy atom. The van der Waals surface area contributed by atoms with Crippen LogP contribution in [0.15, 0.2) is 27.7 Å². The second-order valence-electron chi connectivity index (χ2n) is 4.89. The molecule has 1 atom stereocenters. The molecule has 1 fully saturated rings. The van der Waals surface area contributed by atoms with E-state index in [-0.39, 0.29) is 11.0 Å². The molecule has 1 aliphatic heterocycles. The third-order valence-electron chi connectivity index (χ3n) is 3.37. The van der Waals surface area contributed by atoms with Crippen molar-refractivity contribution in [2.45, 2.75) is 30.8 Å². The molecule has 0 spiro atoms. The van der Waals surface area contributed by atoms with E-state index in [0.29, 0.717) is 18.9 Å². The van der Waals surface area contributed by atoms with E-state index in [4.69, 9.17) is 9.26 Å². The quantitative estimate of drug-likeness (QED) is 0.909. The number of sulfonamides is 1. The second-order valence-corrected chi connectivity index (χ2v) is 7.89. The fourth-order valence-corrected chi connectivity index (χ4v) is 4.90. The minimum Gasteiger partial charge on any atom is -0.377 e. The number of nitrogens with zero attached hydrogens (tertiary/aromatic N) is 1. The Balaban J connectivity index is 1.78. The summed E-state index contributed by atoms with van der Waals surface area (Å²) in [6.07, 6.45) is 3.40. The van der Waals surface area contributed by atoms with Gasteiger partial charge in [-0.3, -0.25) is 0 Å². The van der Waals surface area contributed by atoms with Gasteiger partial charge in [-0.05, 0) is 25.8 Å². The summed E-state index contributed by atoms with van der Waals surface area (Å²) in [7, 11) is -3.53. The number of ether oxygens (including phenoxy) is 1. The average molecular weight is 328 g/mol. The molecule has 1 saturated heterocycles. The molecule has 8 heteroatoms. The predicted octanol–water partition coefficient (Wildman–Crippen LogP) is 2.17. The number of aryl methyl sites for hydroxylation is 1. The van der Waals surface area contributed by atoms with E-state index in [1.807, 2.05) is 0 Å². The zero-order chi connectivity index (χ0) is 14.9. The average Bonchev–Trinajstić information content (AvgIpc) is 3.18. The van der Waals surface area contributed by atoms with Gasteiger partial charge in [-0.2, -0.15) is 0 Å². The standard InChI is InChI=1S/C13H16N2O4S2/c1-9-13(7-12(20-9)11-4-5-14-19-11)21(16,17)15-8-10-3-2-6-18-10/h4-5,7,10,15H,2-3,6,8H2,1H3/t10-/m1/s1. The van der Waals surface area contributed by atoms with Gasteiger partial charge in [-0.1, -0.05) is 5.16 Å².